The summed E-state index contributed by atoms with van der Waals surface area (Å²) in [4.78, 5) is 24.3. The van der Waals surface area contributed by atoms with Gasteiger partial charge in [0.05, 0.1) is 5.41 Å². The molecule has 108 valence electrons. The zero-order chi connectivity index (χ0) is 13.7. The van der Waals surface area contributed by atoms with Crippen LogP contribution in [0.3, 0.4) is 0 Å². The molecule has 1 atom stereocenters. The van der Waals surface area contributed by atoms with Gasteiger partial charge in [-0.05, 0) is 38.5 Å². The molecule has 1 saturated heterocycles. The Kier molecular flexibility index (Phi) is 4.80. The van der Waals surface area contributed by atoms with Crippen LogP contribution >= 0.6 is 0 Å². The molecule has 0 aromatic rings. The quantitative estimate of drug-likeness (QED) is 0.781. The third-order valence-electron chi connectivity index (χ3n) is 4.42. The minimum atomic E-state index is -0.352. The van der Waals surface area contributed by atoms with Crippen molar-refractivity contribution in [2.75, 3.05) is 20.3 Å². The molecule has 1 heterocycles. The molecule has 0 bridgehead atoms. The molecule has 0 unspecified atom stereocenters. The number of nitrogens with one attached hydrogen (secondary N) is 2. The summed E-state index contributed by atoms with van der Waals surface area (Å²) < 4.78 is 5.10. The standard InChI is InChI=1S/C14H24N2O3/c1-19-10-8-14(6-4-7-14)13(18)16-11-5-2-3-9-15-12(11)17/h11H,2-10H2,1H3,(H,15,17)(H,16,18)/t11-/m1/s1. The van der Waals surface area contributed by atoms with Crippen LogP contribution in [-0.2, 0) is 14.3 Å². The third kappa shape index (κ3) is 3.26. The van der Waals surface area contributed by atoms with Gasteiger partial charge in [0.1, 0.15) is 6.04 Å². The van der Waals surface area contributed by atoms with Gasteiger partial charge in [0, 0.05) is 20.3 Å². The van der Waals surface area contributed by atoms with Crippen molar-refractivity contribution in [2.24, 2.45) is 5.41 Å². The number of ether oxygens (including phenoxy) is 1. The lowest BCUT2D eigenvalue weighted by atomic mass is 9.66. The molecule has 0 aromatic carbocycles. The molecular weight excluding hydrogens is 244 g/mol. The molecular formula is C14H24N2O3. The van der Waals surface area contributed by atoms with Crippen molar-refractivity contribution in [2.45, 2.75) is 51.0 Å². The molecule has 2 N–H and O–H groups in total. The van der Waals surface area contributed by atoms with Gasteiger partial charge in [0.25, 0.3) is 0 Å². The molecule has 5 heteroatoms. The molecule has 0 aromatic heterocycles. The first-order chi connectivity index (χ1) is 9.18. The van der Waals surface area contributed by atoms with Gasteiger partial charge in [0.2, 0.25) is 11.8 Å². The summed E-state index contributed by atoms with van der Waals surface area (Å²) in [6.07, 6.45) is 6.39. The summed E-state index contributed by atoms with van der Waals surface area (Å²) in [6.45, 7) is 1.32. The van der Waals surface area contributed by atoms with Crippen molar-refractivity contribution in [1.29, 1.82) is 0 Å². The molecule has 2 amide bonds. The van der Waals surface area contributed by atoms with Crippen LogP contribution < -0.4 is 10.6 Å². The van der Waals surface area contributed by atoms with Crippen LogP contribution in [0.5, 0.6) is 0 Å². The third-order valence-corrected chi connectivity index (χ3v) is 4.42. The van der Waals surface area contributed by atoms with Crippen LogP contribution in [0.25, 0.3) is 0 Å². The van der Waals surface area contributed by atoms with Crippen molar-refractivity contribution in [3.63, 3.8) is 0 Å². The Hall–Kier alpha value is -1.10. The lowest BCUT2D eigenvalue weighted by Crippen LogP contribution is -2.53. The minimum absolute atomic E-state index is 0.0351. The van der Waals surface area contributed by atoms with Crippen molar-refractivity contribution >= 4 is 11.8 Å². The highest BCUT2D eigenvalue weighted by molar-refractivity contribution is 5.90. The number of hydrogen-bond donors (Lipinski definition) is 2. The van der Waals surface area contributed by atoms with Gasteiger partial charge >= 0.3 is 0 Å². The van der Waals surface area contributed by atoms with E-state index >= 15 is 0 Å². The second-order valence-corrected chi connectivity index (χ2v) is 5.69. The summed E-state index contributed by atoms with van der Waals surface area (Å²) >= 11 is 0. The Morgan fingerprint density at radius 1 is 1.42 bits per heavy atom. The zero-order valence-electron chi connectivity index (χ0n) is 11.7. The largest absolute Gasteiger partial charge is 0.385 e. The molecule has 1 saturated carbocycles. The van der Waals surface area contributed by atoms with Gasteiger partial charge in [0.15, 0.2) is 0 Å². The van der Waals surface area contributed by atoms with E-state index in [9.17, 15) is 9.59 Å². The fourth-order valence-corrected chi connectivity index (χ4v) is 2.88. The molecule has 2 rings (SSSR count). The maximum atomic E-state index is 12.4. The highest BCUT2D eigenvalue weighted by Crippen LogP contribution is 2.44. The van der Waals surface area contributed by atoms with Crippen molar-refractivity contribution < 1.29 is 14.3 Å². The maximum absolute atomic E-state index is 12.4. The number of carbonyl (C=O) groups excluding carboxylic acids is 2. The smallest absolute Gasteiger partial charge is 0.242 e. The van der Waals surface area contributed by atoms with Gasteiger partial charge in [-0.25, -0.2) is 0 Å². The average molecular weight is 268 g/mol. The lowest BCUT2D eigenvalue weighted by molar-refractivity contribution is -0.140. The average Bonchev–Trinajstić information content (AvgIpc) is 2.54. The van der Waals surface area contributed by atoms with E-state index in [1.807, 2.05) is 0 Å². The van der Waals surface area contributed by atoms with Gasteiger partial charge in [-0.15, -0.1) is 0 Å². The second kappa shape index (κ2) is 6.37. The molecule has 19 heavy (non-hydrogen) atoms. The molecule has 2 aliphatic rings. The van der Waals surface area contributed by atoms with E-state index in [1.54, 1.807) is 7.11 Å². The van der Waals surface area contributed by atoms with Crippen LogP contribution in [0.2, 0.25) is 0 Å². The van der Waals surface area contributed by atoms with Gasteiger partial charge in [-0.2, -0.15) is 0 Å². The van der Waals surface area contributed by atoms with E-state index in [1.165, 1.54) is 0 Å². The van der Waals surface area contributed by atoms with Crippen LogP contribution in [-0.4, -0.2) is 38.1 Å². The predicted octanol–water partition coefficient (Wildman–Crippen LogP) is 0.978. The molecule has 1 aliphatic carbocycles. The Labute approximate surface area is 114 Å². The van der Waals surface area contributed by atoms with Crippen LogP contribution in [0.1, 0.15) is 44.9 Å². The van der Waals surface area contributed by atoms with E-state index in [-0.39, 0.29) is 23.3 Å². The molecule has 1 aliphatic heterocycles. The normalized spacial score (nSPS) is 25.9. The van der Waals surface area contributed by atoms with Crippen molar-refractivity contribution in [3.05, 3.63) is 0 Å². The lowest BCUT2D eigenvalue weighted by Gasteiger charge is -2.41. The summed E-state index contributed by atoms with van der Waals surface area (Å²) in [5.74, 6) is 0.00455. The Morgan fingerprint density at radius 2 is 2.21 bits per heavy atom. The van der Waals surface area contributed by atoms with Gasteiger partial charge in [-0.1, -0.05) is 6.42 Å². The van der Waals surface area contributed by atoms with Crippen molar-refractivity contribution in [1.82, 2.24) is 10.6 Å². The SMILES string of the molecule is COCCC1(C(=O)N[C@@H]2CCCCNC2=O)CCC1. The number of amides is 2. The van der Waals surface area contributed by atoms with Crippen LogP contribution in [0.15, 0.2) is 0 Å². The van der Waals surface area contributed by atoms with Gasteiger partial charge in [-0.3, -0.25) is 9.59 Å². The summed E-state index contributed by atoms with van der Waals surface area (Å²) in [5, 5.41) is 5.81. The van der Waals surface area contributed by atoms with E-state index in [0.717, 1.165) is 51.5 Å². The molecule has 2 fully saturated rings. The number of methoxy groups -OCH3 is 1. The highest BCUT2D eigenvalue weighted by atomic mass is 16.5. The topological polar surface area (TPSA) is 67.4 Å². The first-order valence-corrected chi connectivity index (χ1v) is 7.25. The fourth-order valence-electron chi connectivity index (χ4n) is 2.88. The summed E-state index contributed by atoms with van der Waals surface area (Å²) in [6, 6.07) is -0.352. The van der Waals surface area contributed by atoms with Crippen molar-refractivity contribution in [3.8, 4) is 0 Å². The Balaban J connectivity index is 1.92. The number of hydrogen-bond acceptors (Lipinski definition) is 3. The first kappa shape index (κ1) is 14.3. The van der Waals surface area contributed by atoms with E-state index in [2.05, 4.69) is 10.6 Å². The van der Waals surface area contributed by atoms with E-state index in [0.29, 0.717) is 6.61 Å². The van der Waals surface area contributed by atoms with Gasteiger partial charge < -0.3 is 15.4 Å². The highest BCUT2D eigenvalue weighted by Gasteiger charge is 2.44. The van der Waals surface area contributed by atoms with E-state index < -0.39 is 0 Å². The summed E-state index contributed by atoms with van der Waals surface area (Å²) in [7, 11) is 1.66. The van der Waals surface area contributed by atoms with Crippen LogP contribution in [0.4, 0.5) is 0 Å². The molecule has 0 radical (unpaired) electrons. The molecule has 0 spiro atoms. The monoisotopic (exact) mass is 268 g/mol. The predicted molar refractivity (Wildman–Crippen MR) is 71.6 cm³/mol. The minimum Gasteiger partial charge on any atom is -0.385 e. The van der Waals surface area contributed by atoms with E-state index in [4.69, 9.17) is 4.74 Å². The fraction of sp³-hybridized carbons (Fsp3) is 0.857. The Morgan fingerprint density at radius 3 is 2.84 bits per heavy atom. The summed E-state index contributed by atoms with van der Waals surface area (Å²) in [5.41, 5.74) is -0.289. The zero-order valence-corrected chi connectivity index (χ0v) is 11.7. The maximum Gasteiger partial charge on any atom is 0.242 e. The molecule has 5 nitrogen and oxygen atoms in total. The number of carbonyl (C=O) groups is 2. The first-order valence-electron chi connectivity index (χ1n) is 7.25. The second-order valence-electron chi connectivity index (χ2n) is 5.69. The number of rotatable bonds is 5. The van der Waals surface area contributed by atoms with Crippen LogP contribution in [0, 0.1) is 5.41 Å². The Bertz CT molecular complexity index is 340.